The zero-order valence-corrected chi connectivity index (χ0v) is 14.4. The normalized spacial score (nSPS) is 10.5. The van der Waals surface area contributed by atoms with Crippen molar-refractivity contribution in [1.29, 1.82) is 0 Å². The highest BCUT2D eigenvalue weighted by atomic mass is 16.6. The van der Waals surface area contributed by atoms with Crippen molar-refractivity contribution in [2.24, 2.45) is 0 Å². The van der Waals surface area contributed by atoms with Gasteiger partial charge in [-0.3, -0.25) is 24.9 Å². The van der Waals surface area contributed by atoms with Crippen LogP contribution in [-0.2, 0) is 11.3 Å². The van der Waals surface area contributed by atoms with Crippen molar-refractivity contribution in [3.05, 3.63) is 38.9 Å². The fourth-order valence-corrected chi connectivity index (χ4v) is 2.34. The lowest BCUT2D eigenvalue weighted by atomic mass is 10.2. The number of rotatable bonds is 6. The van der Waals surface area contributed by atoms with Crippen LogP contribution >= 0.6 is 0 Å². The van der Waals surface area contributed by atoms with Crippen LogP contribution in [0.2, 0.25) is 0 Å². The molecule has 1 aromatic heterocycles. The fraction of sp³-hybridized carbons (Fsp3) is 0.400. The zero-order valence-electron chi connectivity index (χ0n) is 14.4. The van der Waals surface area contributed by atoms with Crippen LogP contribution in [0.25, 0.3) is 11.1 Å². The van der Waals surface area contributed by atoms with E-state index in [2.05, 4.69) is 10.7 Å². The van der Waals surface area contributed by atoms with E-state index in [1.54, 1.807) is 6.92 Å². The number of hydrogen-bond acceptors (Lipinski definition) is 6. The summed E-state index contributed by atoms with van der Waals surface area (Å²) in [6, 6.07) is 3.46. The number of carbonyl (C=O) groups is 2. The number of non-ortho nitro benzene ring substituents is 1. The number of amides is 3. The molecule has 0 aliphatic carbocycles. The third kappa shape index (κ3) is 4.37. The van der Waals surface area contributed by atoms with Gasteiger partial charge < -0.3 is 9.73 Å². The molecule has 3 amide bonds. The largest absolute Gasteiger partial charge is 0.419 e. The van der Waals surface area contributed by atoms with Gasteiger partial charge in [-0.05, 0) is 19.4 Å². The summed E-state index contributed by atoms with van der Waals surface area (Å²) in [5, 5.41) is 14.3. The summed E-state index contributed by atoms with van der Waals surface area (Å²) < 4.78 is 6.32. The minimum absolute atomic E-state index is 0.0792. The molecule has 140 valence electrons. The number of benzene rings is 1. The monoisotopic (exact) mass is 365 g/mol. The molecule has 26 heavy (non-hydrogen) atoms. The molecule has 2 N–H and O–H groups in total. The van der Waals surface area contributed by atoms with Crippen LogP contribution in [0.3, 0.4) is 0 Å². The molecule has 11 heteroatoms. The van der Waals surface area contributed by atoms with E-state index in [9.17, 15) is 24.5 Å². The van der Waals surface area contributed by atoms with Gasteiger partial charge in [-0.15, -0.1) is 0 Å². The Morgan fingerprint density at radius 2 is 2.12 bits per heavy atom. The molecule has 0 atom stereocenters. The van der Waals surface area contributed by atoms with E-state index in [0.717, 1.165) is 5.01 Å². The first kappa shape index (κ1) is 19.0. The molecule has 2 rings (SSSR count). The van der Waals surface area contributed by atoms with Gasteiger partial charge in [0.25, 0.3) is 5.69 Å². The Balaban J connectivity index is 1.96. The number of hydrazine groups is 1. The number of nitro benzene ring substituents is 1. The Morgan fingerprint density at radius 1 is 1.38 bits per heavy atom. The molecular weight excluding hydrogens is 346 g/mol. The average Bonchev–Trinajstić information content (AvgIpc) is 2.89. The summed E-state index contributed by atoms with van der Waals surface area (Å²) in [7, 11) is 1.42. The van der Waals surface area contributed by atoms with Crippen molar-refractivity contribution in [1.82, 2.24) is 20.3 Å². The van der Waals surface area contributed by atoms with Gasteiger partial charge in [-0.25, -0.2) is 14.6 Å². The maximum atomic E-state index is 11.9. The van der Waals surface area contributed by atoms with E-state index < -0.39 is 16.7 Å². The third-order valence-electron chi connectivity index (χ3n) is 3.57. The number of nitro groups is 1. The van der Waals surface area contributed by atoms with Gasteiger partial charge in [-0.2, -0.15) is 0 Å². The second kappa shape index (κ2) is 8.14. The van der Waals surface area contributed by atoms with Crippen molar-refractivity contribution in [3.8, 4) is 0 Å². The van der Waals surface area contributed by atoms with E-state index in [1.807, 2.05) is 0 Å². The minimum Gasteiger partial charge on any atom is -0.407 e. The Bertz CT molecular complexity index is 886. The quantitative estimate of drug-likeness (QED) is 0.577. The number of aromatic nitrogens is 1. The second-order valence-electron chi connectivity index (χ2n) is 5.46. The van der Waals surface area contributed by atoms with Crippen LogP contribution in [-0.4, -0.2) is 40.0 Å². The molecule has 0 aliphatic rings. The summed E-state index contributed by atoms with van der Waals surface area (Å²) >= 11 is 0. The Labute approximate surface area is 147 Å². The number of carbonyl (C=O) groups excluding carboxylic acids is 2. The number of fused-ring (bicyclic) bond motifs is 1. The van der Waals surface area contributed by atoms with Crippen LogP contribution in [0.1, 0.15) is 19.8 Å². The molecule has 2 aromatic rings. The van der Waals surface area contributed by atoms with Crippen LogP contribution in [0.5, 0.6) is 0 Å². The number of oxazole rings is 1. The molecule has 0 bridgehead atoms. The number of nitrogens with one attached hydrogen (secondary N) is 2. The maximum absolute atomic E-state index is 11.9. The lowest BCUT2D eigenvalue weighted by molar-refractivity contribution is -0.384. The summed E-state index contributed by atoms with van der Waals surface area (Å²) in [6.07, 6.45) is 0.399. The summed E-state index contributed by atoms with van der Waals surface area (Å²) in [5.74, 6) is -1.03. The van der Waals surface area contributed by atoms with Crippen LogP contribution in [0.15, 0.2) is 27.4 Å². The van der Waals surface area contributed by atoms with E-state index in [0.29, 0.717) is 18.5 Å². The summed E-state index contributed by atoms with van der Waals surface area (Å²) in [6.45, 7) is 2.39. The maximum Gasteiger partial charge on any atom is 0.419 e. The van der Waals surface area contributed by atoms with E-state index in [-0.39, 0.29) is 30.1 Å². The molecule has 1 aromatic carbocycles. The highest BCUT2D eigenvalue weighted by molar-refractivity contribution is 5.81. The lowest BCUT2D eigenvalue weighted by Crippen LogP contribution is -2.48. The number of hydrogen-bond donors (Lipinski definition) is 2. The predicted molar refractivity (Wildman–Crippen MR) is 91.3 cm³/mol. The third-order valence-corrected chi connectivity index (χ3v) is 3.57. The SMILES string of the molecule is CCNC(=O)N(C)NC(=O)CCCn1c(=O)oc2cc([N+](=O)[O-])ccc21. The average molecular weight is 365 g/mol. The minimum atomic E-state index is -0.652. The predicted octanol–water partition coefficient (Wildman–Crippen LogP) is 0.975. The van der Waals surface area contributed by atoms with Crippen molar-refractivity contribution in [2.75, 3.05) is 13.6 Å². The molecule has 0 fully saturated rings. The molecule has 11 nitrogen and oxygen atoms in total. The van der Waals surface area contributed by atoms with E-state index in [4.69, 9.17) is 4.42 Å². The number of aryl methyl sites for hydroxylation is 1. The topological polar surface area (TPSA) is 140 Å². The van der Waals surface area contributed by atoms with Gasteiger partial charge in [0, 0.05) is 32.6 Å². The highest BCUT2D eigenvalue weighted by Gasteiger charge is 2.15. The van der Waals surface area contributed by atoms with E-state index >= 15 is 0 Å². The van der Waals surface area contributed by atoms with Crippen LogP contribution in [0, 0.1) is 10.1 Å². The summed E-state index contributed by atoms with van der Waals surface area (Å²) in [5.41, 5.74) is 2.77. The van der Waals surface area contributed by atoms with Gasteiger partial charge in [0.15, 0.2) is 5.58 Å². The lowest BCUT2D eigenvalue weighted by Gasteiger charge is -2.18. The van der Waals surface area contributed by atoms with Gasteiger partial charge >= 0.3 is 11.8 Å². The van der Waals surface area contributed by atoms with E-state index in [1.165, 1.54) is 29.8 Å². The molecule has 0 unspecified atom stereocenters. The standard InChI is InChI=1S/C15H19N5O6/c1-3-16-14(22)18(2)17-13(21)5-4-8-19-11-7-6-10(20(24)25)9-12(11)26-15(19)23/h6-7,9H,3-5,8H2,1-2H3,(H,16,22)(H,17,21). The van der Waals surface area contributed by atoms with Crippen molar-refractivity contribution in [3.63, 3.8) is 0 Å². The molecule has 0 saturated heterocycles. The smallest absolute Gasteiger partial charge is 0.407 e. The zero-order chi connectivity index (χ0) is 19.3. The van der Waals surface area contributed by atoms with Crippen LogP contribution in [0.4, 0.5) is 10.5 Å². The molecule has 0 aliphatic heterocycles. The number of nitrogens with zero attached hydrogens (tertiary/aromatic N) is 3. The van der Waals surface area contributed by atoms with Crippen LogP contribution < -0.4 is 16.5 Å². The Morgan fingerprint density at radius 3 is 2.77 bits per heavy atom. The molecular formula is C15H19N5O6. The first-order valence-corrected chi connectivity index (χ1v) is 7.92. The Kier molecular flexibility index (Phi) is 5.94. The molecule has 0 saturated carbocycles. The summed E-state index contributed by atoms with van der Waals surface area (Å²) in [4.78, 5) is 45.4. The van der Waals surface area contributed by atoms with Crippen molar-refractivity contribution < 1.29 is 18.9 Å². The molecule has 0 radical (unpaired) electrons. The van der Waals surface area contributed by atoms with Crippen molar-refractivity contribution in [2.45, 2.75) is 26.3 Å². The van der Waals surface area contributed by atoms with Gasteiger partial charge in [0.05, 0.1) is 16.5 Å². The molecule has 1 heterocycles. The molecule has 0 spiro atoms. The Hall–Kier alpha value is -3.37. The van der Waals surface area contributed by atoms with Gasteiger partial charge in [-0.1, -0.05) is 0 Å². The fourth-order valence-electron chi connectivity index (χ4n) is 2.34. The van der Waals surface area contributed by atoms with Gasteiger partial charge in [0.1, 0.15) is 0 Å². The van der Waals surface area contributed by atoms with Crippen molar-refractivity contribution >= 4 is 28.7 Å². The first-order chi connectivity index (χ1) is 12.3. The van der Waals surface area contributed by atoms with Gasteiger partial charge in [0.2, 0.25) is 5.91 Å². The first-order valence-electron chi connectivity index (χ1n) is 7.92. The number of urea groups is 1. The highest BCUT2D eigenvalue weighted by Crippen LogP contribution is 2.20. The second-order valence-corrected chi connectivity index (χ2v) is 5.46.